The summed E-state index contributed by atoms with van der Waals surface area (Å²) in [5.41, 5.74) is 8.49. The van der Waals surface area contributed by atoms with Crippen molar-refractivity contribution in [1.29, 1.82) is 0 Å². The van der Waals surface area contributed by atoms with Gasteiger partial charge in [-0.2, -0.15) is 5.10 Å². The molecule has 1 aliphatic rings. The van der Waals surface area contributed by atoms with Crippen molar-refractivity contribution in [2.45, 2.75) is 37.8 Å². The van der Waals surface area contributed by atoms with E-state index < -0.39 is 6.09 Å². The van der Waals surface area contributed by atoms with Crippen LogP contribution in [0.2, 0.25) is 0 Å². The molecule has 2 amide bonds. The van der Waals surface area contributed by atoms with Crippen LogP contribution >= 0.6 is 0 Å². The Morgan fingerprint density at radius 3 is 2.41 bits per heavy atom. The first kappa shape index (κ1) is 18.7. The lowest BCUT2D eigenvalue weighted by atomic mass is 9.91. The third-order valence-electron chi connectivity index (χ3n) is 5.19. The first-order chi connectivity index (χ1) is 14.0. The molecule has 0 atom stereocenters. The normalized spacial score (nSPS) is 19.0. The minimum atomic E-state index is -1.02. The Hall–Kier alpha value is -3.69. The molecule has 0 aromatic carbocycles. The Morgan fingerprint density at radius 1 is 1.10 bits per heavy atom. The van der Waals surface area contributed by atoms with Crippen LogP contribution in [0.3, 0.4) is 0 Å². The lowest BCUT2D eigenvalue weighted by Crippen LogP contribution is -2.43. The molecule has 150 valence electrons. The molecule has 4 rings (SSSR count). The summed E-state index contributed by atoms with van der Waals surface area (Å²) in [6.45, 7) is 0. The van der Waals surface area contributed by atoms with Crippen LogP contribution in [0.1, 0.15) is 36.0 Å². The molecule has 3 aromatic heterocycles. The second-order valence-electron chi connectivity index (χ2n) is 7.06. The molecule has 3 aromatic rings. The van der Waals surface area contributed by atoms with E-state index in [0.29, 0.717) is 36.8 Å². The van der Waals surface area contributed by atoms with E-state index in [1.807, 2.05) is 12.1 Å². The number of nitrogens with zero attached hydrogens (tertiary/aromatic N) is 4. The summed E-state index contributed by atoms with van der Waals surface area (Å²) in [5.74, 6) is -0.0289. The summed E-state index contributed by atoms with van der Waals surface area (Å²) in [6.07, 6.45) is 6.44. The van der Waals surface area contributed by atoms with Gasteiger partial charge in [0, 0.05) is 30.0 Å². The van der Waals surface area contributed by atoms with Crippen LogP contribution in [0, 0.1) is 0 Å². The molecule has 10 nitrogen and oxygen atoms in total. The molecule has 1 saturated carbocycles. The van der Waals surface area contributed by atoms with Crippen molar-refractivity contribution in [2.75, 3.05) is 5.73 Å². The number of amides is 2. The van der Waals surface area contributed by atoms with Gasteiger partial charge in [-0.3, -0.25) is 9.78 Å². The van der Waals surface area contributed by atoms with Gasteiger partial charge in [-0.25, -0.2) is 14.3 Å². The van der Waals surface area contributed by atoms with Gasteiger partial charge in [-0.1, -0.05) is 0 Å². The fourth-order valence-electron chi connectivity index (χ4n) is 3.79. The van der Waals surface area contributed by atoms with Gasteiger partial charge >= 0.3 is 6.09 Å². The number of nitrogens with one attached hydrogen (secondary N) is 2. The van der Waals surface area contributed by atoms with Gasteiger partial charge in [0.2, 0.25) is 0 Å². The van der Waals surface area contributed by atoms with Crippen LogP contribution in [-0.4, -0.2) is 48.8 Å². The van der Waals surface area contributed by atoms with Gasteiger partial charge in [-0.05, 0) is 43.9 Å². The highest BCUT2D eigenvalue weighted by atomic mass is 16.4. The summed E-state index contributed by atoms with van der Waals surface area (Å²) >= 11 is 0. The van der Waals surface area contributed by atoms with E-state index >= 15 is 0 Å². The zero-order valence-corrected chi connectivity index (χ0v) is 15.6. The van der Waals surface area contributed by atoms with Crippen molar-refractivity contribution in [3.8, 4) is 11.3 Å². The van der Waals surface area contributed by atoms with Crippen LogP contribution in [0.15, 0.2) is 36.9 Å². The van der Waals surface area contributed by atoms with Gasteiger partial charge in [0.25, 0.3) is 5.91 Å². The van der Waals surface area contributed by atoms with Crippen molar-refractivity contribution in [2.24, 2.45) is 0 Å². The topological polar surface area (TPSA) is 148 Å². The van der Waals surface area contributed by atoms with E-state index in [4.69, 9.17) is 10.8 Å². The number of carbonyl (C=O) groups is 2. The van der Waals surface area contributed by atoms with Gasteiger partial charge < -0.3 is 21.5 Å². The molecule has 5 N–H and O–H groups in total. The van der Waals surface area contributed by atoms with Crippen LogP contribution in [0.5, 0.6) is 0 Å². The van der Waals surface area contributed by atoms with Crippen LogP contribution in [0.4, 0.5) is 10.6 Å². The molecule has 0 unspecified atom stereocenters. The Bertz CT molecular complexity index is 1040. The summed E-state index contributed by atoms with van der Waals surface area (Å²) in [7, 11) is 0. The van der Waals surface area contributed by atoms with Crippen LogP contribution in [0.25, 0.3) is 16.8 Å². The quantitative estimate of drug-likeness (QED) is 0.525. The molecule has 10 heteroatoms. The number of hydrogen-bond acceptors (Lipinski definition) is 6. The van der Waals surface area contributed by atoms with Crippen LogP contribution < -0.4 is 16.4 Å². The smallest absolute Gasteiger partial charge is 0.404 e. The maximum atomic E-state index is 13.0. The standard InChI is InChI=1S/C19H21N7O3/c20-17-16-14(18(27)24-12-1-3-13(4-2-12)25-19(28)29)9-15(26(16)23-10-22-17)11-5-7-21-8-6-11/h5-10,12-13,25H,1-4H2,(H,24,27)(H,28,29)(H2,20,22,23). The number of hydrogen-bond donors (Lipinski definition) is 4. The number of fused-ring (bicyclic) bond motifs is 1. The van der Waals surface area contributed by atoms with Gasteiger partial charge in [0.15, 0.2) is 5.82 Å². The van der Waals surface area contributed by atoms with Crippen molar-refractivity contribution in [3.63, 3.8) is 0 Å². The number of pyridine rings is 1. The zero-order valence-electron chi connectivity index (χ0n) is 15.6. The number of nitrogens with two attached hydrogens (primary N) is 1. The zero-order chi connectivity index (χ0) is 20.4. The second-order valence-corrected chi connectivity index (χ2v) is 7.06. The molecule has 0 spiro atoms. The summed E-state index contributed by atoms with van der Waals surface area (Å²) in [5, 5.41) is 18.6. The third-order valence-corrected chi connectivity index (χ3v) is 5.19. The average molecular weight is 395 g/mol. The first-order valence-corrected chi connectivity index (χ1v) is 9.36. The highest BCUT2D eigenvalue weighted by Gasteiger charge is 2.26. The molecular formula is C19H21N7O3. The lowest BCUT2D eigenvalue weighted by Gasteiger charge is -2.28. The Morgan fingerprint density at radius 2 is 1.76 bits per heavy atom. The minimum absolute atomic E-state index is 0.0282. The SMILES string of the molecule is Nc1ncnn2c(-c3ccncc3)cc(C(=O)NC3CCC(NC(=O)O)CC3)c12. The molecule has 1 aliphatic carbocycles. The third kappa shape index (κ3) is 3.82. The van der Waals surface area contributed by atoms with E-state index in [0.717, 1.165) is 11.3 Å². The molecule has 3 heterocycles. The molecule has 0 radical (unpaired) electrons. The van der Waals surface area contributed by atoms with Gasteiger partial charge in [0.05, 0.1) is 11.3 Å². The number of rotatable bonds is 4. The largest absolute Gasteiger partial charge is 0.465 e. The summed E-state index contributed by atoms with van der Waals surface area (Å²) in [4.78, 5) is 31.9. The highest BCUT2D eigenvalue weighted by molar-refractivity contribution is 6.05. The molecule has 0 aliphatic heterocycles. The molecule has 1 fully saturated rings. The average Bonchev–Trinajstić information content (AvgIpc) is 3.11. The number of carboxylic acid groups (broad SMARTS) is 1. The van der Waals surface area contributed by atoms with Gasteiger partial charge in [0.1, 0.15) is 11.8 Å². The summed E-state index contributed by atoms with van der Waals surface area (Å²) in [6, 6.07) is 5.32. The highest BCUT2D eigenvalue weighted by Crippen LogP contribution is 2.28. The van der Waals surface area contributed by atoms with Gasteiger partial charge in [-0.15, -0.1) is 0 Å². The maximum Gasteiger partial charge on any atom is 0.404 e. The predicted octanol–water partition coefficient (Wildman–Crippen LogP) is 1.68. The molecule has 0 bridgehead atoms. The molecular weight excluding hydrogens is 374 g/mol. The number of aromatic nitrogens is 4. The molecule has 0 saturated heterocycles. The van der Waals surface area contributed by atoms with Crippen molar-refractivity contribution in [1.82, 2.24) is 30.2 Å². The minimum Gasteiger partial charge on any atom is -0.465 e. The Labute approximate surface area is 166 Å². The number of nitrogen functional groups attached to an aromatic ring is 1. The van der Waals surface area contributed by atoms with Crippen molar-refractivity contribution < 1.29 is 14.7 Å². The van der Waals surface area contributed by atoms with E-state index in [1.165, 1.54) is 6.33 Å². The maximum absolute atomic E-state index is 13.0. The Kier molecular flexibility index (Phi) is 4.98. The second kappa shape index (κ2) is 7.74. The summed E-state index contributed by atoms with van der Waals surface area (Å²) < 4.78 is 1.61. The van der Waals surface area contributed by atoms with E-state index in [9.17, 15) is 9.59 Å². The van der Waals surface area contributed by atoms with Crippen LogP contribution in [-0.2, 0) is 0 Å². The number of anilines is 1. The van der Waals surface area contributed by atoms with E-state index in [-0.39, 0.29) is 23.8 Å². The molecule has 29 heavy (non-hydrogen) atoms. The van der Waals surface area contributed by atoms with E-state index in [2.05, 4.69) is 25.7 Å². The fraction of sp³-hybridized carbons (Fsp3) is 0.316. The van der Waals surface area contributed by atoms with E-state index in [1.54, 1.807) is 23.0 Å². The lowest BCUT2D eigenvalue weighted by molar-refractivity contribution is 0.0925. The van der Waals surface area contributed by atoms with Crippen molar-refractivity contribution in [3.05, 3.63) is 42.5 Å². The monoisotopic (exact) mass is 395 g/mol. The predicted molar refractivity (Wildman–Crippen MR) is 105 cm³/mol. The number of carbonyl (C=O) groups excluding carboxylic acids is 1. The first-order valence-electron chi connectivity index (χ1n) is 9.36. The fourth-order valence-corrected chi connectivity index (χ4v) is 3.79. The van der Waals surface area contributed by atoms with Crippen molar-refractivity contribution >= 4 is 23.3 Å². The Balaban J connectivity index is 1.58.